The van der Waals surface area contributed by atoms with E-state index < -0.39 is 32.5 Å². The van der Waals surface area contributed by atoms with Crippen molar-refractivity contribution in [1.82, 2.24) is 0 Å². The number of phosphoric acid groups is 1. The molecule has 0 radical (unpaired) electrons. The van der Waals surface area contributed by atoms with Gasteiger partial charge in [-0.25, -0.2) is 4.57 Å². The molecule has 1 aromatic heterocycles. The van der Waals surface area contributed by atoms with Gasteiger partial charge in [0, 0.05) is 25.7 Å². The second-order valence-electron chi connectivity index (χ2n) is 17.4. The number of likely N-dealkylation sites (N-methyl/N-ethyl adjacent to an activating group) is 1. The van der Waals surface area contributed by atoms with Crippen LogP contribution in [0.5, 0.6) is 0 Å². The minimum atomic E-state index is -4.42. The minimum Gasteiger partial charge on any atom is -0.466 e. The van der Waals surface area contributed by atoms with E-state index in [1.165, 1.54) is 30.4 Å². The van der Waals surface area contributed by atoms with Crippen LogP contribution in [0.3, 0.4) is 0 Å². The summed E-state index contributed by atoms with van der Waals surface area (Å²) in [5.41, 5.74) is 2.60. The number of carbonyl (C=O) groups excluding carboxylic acids is 2. The number of ether oxygens (including phenoxy) is 3. The van der Waals surface area contributed by atoms with E-state index in [1.807, 2.05) is 33.3 Å². The Labute approximate surface area is 375 Å². The third-order valence-electron chi connectivity index (χ3n) is 10.7. The predicted octanol–water partition coefficient (Wildman–Crippen LogP) is 11.9. The van der Waals surface area contributed by atoms with Gasteiger partial charge in [-0.3, -0.25) is 18.6 Å². The van der Waals surface area contributed by atoms with Crippen molar-refractivity contribution in [3.8, 4) is 0 Å². The van der Waals surface area contributed by atoms with E-state index in [4.69, 9.17) is 27.7 Å². The molecule has 12 heteroatoms. The van der Waals surface area contributed by atoms with Gasteiger partial charge < -0.3 is 28.0 Å². The summed E-state index contributed by atoms with van der Waals surface area (Å²) in [5.74, 6) is 1.34. The van der Waals surface area contributed by atoms with Crippen LogP contribution in [0, 0.1) is 13.8 Å². The molecule has 1 saturated heterocycles. The lowest BCUT2D eigenvalue weighted by molar-refractivity contribution is -0.870. The van der Waals surface area contributed by atoms with Gasteiger partial charge >= 0.3 is 19.8 Å². The van der Waals surface area contributed by atoms with Crippen molar-refractivity contribution in [2.24, 2.45) is 0 Å². The van der Waals surface area contributed by atoms with Gasteiger partial charge in [-0.1, -0.05) is 113 Å². The summed E-state index contributed by atoms with van der Waals surface area (Å²) in [7, 11) is 1.39. The van der Waals surface area contributed by atoms with Crippen molar-refractivity contribution >= 4 is 19.8 Å². The Hall–Kier alpha value is -3.05. The van der Waals surface area contributed by atoms with E-state index >= 15 is 0 Å². The number of hydrogen-bond acceptors (Lipinski definition) is 9. The summed E-state index contributed by atoms with van der Waals surface area (Å²) in [6.07, 6.45) is 38.7. The molecular formula is C50H83NO10P+. The van der Waals surface area contributed by atoms with Crippen LogP contribution in [0.15, 0.2) is 65.2 Å². The molecule has 62 heavy (non-hydrogen) atoms. The van der Waals surface area contributed by atoms with Gasteiger partial charge in [-0.2, -0.15) is 0 Å². The monoisotopic (exact) mass is 889 g/mol. The molecule has 0 spiro atoms. The standard InChI is InChI=1S/C50H82NO10P/c1-8-10-26-32-45-42(3)43(4)46(60-45)33-28-22-20-21-24-30-36-49(52)56-40-44(41-58-62(54,55)57-39-38-51(5,6)7)59-50(53)37-31-25-19-17-15-13-12-14-16-18-23-29-35-48-47(61-48)34-27-11-9-2/h11,13-16,19,23,25,27,29,44,47-48H,8-10,12,17-18,20-22,24,26,28,30-41H2,1-7H3/p+1/b15-13-,16-14-,25-19-,27-11-,29-23-/t44-,47?,48?/m1/s1. The number of aryl methyl sites for hydroxylation is 2. The molecule has 3 unspecified atom stereocenters. The van der Waals surface area contributed by atoms with Gasteiger partial charge in [-0.05, 0) is 89.2 Å². The quantitative estimate of drug-likeness (QED) is 0.0172. The van der Waals surface area contributed by atoms with E-state index in [0.29, 0.717) is 36.1 Å². The smallest absolute Gasteiger partial charge is 0.466 e. The lowest BCUT2D eigenvalue weighted by Gasteiger charge is -2.24. The Balaban J connectivity index is 1.66. The fourth-order valence-corrected chi connectivity index (χ4v) is 7.35. The highest BCUT2D eigenvalue weighted by Crippen LogP contribution is 2.43. The first-order chi connectivity index (χ1) is 29.7. The van der Waals surface area contributed by atoms with Gasteiger partial charge in [0.1, 0.15) is 31.3 Å². The number of epoxide rings is 1. The zero-order valence-corrected chi connectivity index (χ0v) is 40.4. The zero-order valence-electron chi connectivity index (χ0n) is 39.5. The molecule has 1 aliphatic rings. The summed E-state index contributed by atoms with van der Waals surface area (Å²) in [5, 5.41) is 0. The predicted molar refractivity (Wildman–Crippen MR) is 250 cm³/mol. The number of nitrogens with zero attached hydrogens (tertiary/aromatic N) is 1. The average Bonchev–Trinajstić information content (AvgIpc) is 3.92. The highest BCUT2D eigenvalue weighted by atomic mass is 31.2. The Bertz CT molecular complexity index is 1590. The second kappa shape index (κ2) is 32.6. The van der Waals surface area contributed by atoms with Gasteiger partial charge in [0.2, 0.25) is 0 Å². The van der Waals surface area contributed by atoms with E-state index in [-0.39, 0.29) is 26.1 Å². The summed E-state index contributed by atoms with van der Waals surface area (Å²) in [6.45, 7) is 8.45. The number of carbonyl (C=O) groups is 2. The largest absolute Gasteiger partial charge is 0.472 e. The number of hydrogen-bond donors (Lipinski definition) is 1. The van der Waals surface area contributed by atoms with Crippen LogP contribution in [-0.4, -0.2) is 87.1 Å². The molecule has 4 atom stereocenters. The second-order valence-corrected chi connectivity index (χ2v) is 18.8. The van der Waals surface area contributed by atoms with Gasteiger partial charge in [-0.15, -0.1) is 0 Å². The Morgan fingerprint density at radius 2 is 1.24 bits per heavy atom. The fraction of sp³-hybridized carbons (Fsp3) is 0.680. The molecule has 1 N–H and O–H groups in total. The highest BCUT2D eigenvalue weighted by Gasteiger charge is 2.36. The van der Waals surface area contributed by atoms with Crippen LogP contribution < -0.4 is 0 Å². The maximum atomic E-state index is 12.7. The van der Waals surface area contributed by atoms with Crippen molar-refractivity contribution in [2.75, 3.05) is 47.5 Å². The summed E-state index contributed by atoms with van der Waals surface area (Å²) < 4.78 is 46.2. The average molecular weight is 889 g/mol. The van der Waals surface area contributed by atoms with Crippen LogP contribution in [0.2, 0.25) is 0 Å². The Morgan fingerprint density at radius 3 is 1.84 bits per heavy atom. The number of furan rings is 1. The highest BCUT2D eigenvalue weighted by molar-refractivity contribution is 7.47. The summed E-state index contributed by atoms with van der Waals surface area (Å²) >= 11 is 0. The summed E-state index contributed by atoms with van der Waals surface area (Å²) in [4.78, 5) is 35.6. The molecule has 1 aromatic rings. The number of esters is 2. The maximum Gasteiger partial charge on any atom is 0.472 e. The van der Waals surface area contributed by atoms with E-state index in [9.17, 15) is 19.0 Å². The molecular weight excluding hydrogens is 806 g/mol. The van der Waals surface area contributed by atoms with Crippen molar-refractivity contribution in [3.05, 3.63) is 83.4 Å². The molecule has 0 amide bonds. The van der Waals surface area contributed by atoms with Crippen LogP contribution >= 0.6 is 7.82 Å². The Morgan fingerprint density at radius 1 is 0.694 bits per heavy atom. The first-order valence-corrected chi connectivity index (χ1v) is 25.0. The fourth-order valence-electron chi connectivity index (χ4n) is 6.61. The first-order valence-electron chi connectivity index (χ1n) is 23.5. The number of rotatable bonds is 37. The lowest BCUT2D eigenvalue weighted by Crippen LogP contribution is -2.37. The number of unbranched alkanes of at least 4 members (excludes halogenated alkanes) is 7. The third-order valence-corrected chi connectivity index (χ3v) is 11.7. The molecule has 352 valence electrons. The first kappa shape index (κ1) is 55.1. The summed E-state index contributed by atoms with van der Waals surface area (Å²) in [6, 6.07) is 0. The van der Waals surface area contributed by atoms with Gasteiger partial charge in [0.25, 0.3) is 0 Å². The van der Waals surface area contributed by atoms with Crippen molar-refractivity contribution in [1.29, 1.82) is 0 Å². The minimum absolute atomic E-state index is 0.00495. The third kappa shape index (κ3) is 27.9. The molecule has 0 saturated carbocycles. The maximum absolute atomic E-state index is 12.7. The lowest BCUT2D eigenvalue weighted by atomic mass is 10.0. The van der Waals surface area contributed by atoms with E-state index in [1.54, 1.807) is 0 Å². The van der Waals surface area contributed by atoms with E-state index in [2.05, 4.69) is 76.3 Å². The number of phosphoric ester groups is 1. The molecule has 0 bridgehead atoms. The topological polar surface area (TPSA) is 134 Å². The molecule has 0 aromatic carbocycles. The number of quaternary nitrogens is 1. The normalized spacial score (nSPS) is 17.3. The molecule has 11 nitrogen and oxygen atoms in total. The van der Waals surface area contributed by atoms with Crippen molar-refractivity contribution in [2.45, 2.75) is 174 Å². The SMILES string of the molecule is CC/C=C\CC1OC1C/C=C\C/C=C\C/C=C\C/C=C\CCC(=O)O[C@H](COC(=O)CCCCCCCCc1oc(CCCCC)c(C)c1C)COP(=O)(O)OCC[N+](C)(C)C. The van der Waals surface area contributed by atoms with Gasteiger partial charge in [0.05, 0.1) is 40.0 Å². The van der Waals surface area contributed by atoms with E-state index in [0.717, 1.165) is 95.0 Å². The van der Waals surface area contributed by atoms with Crippen LogP contribution in [0.4, 0.5) is 0 Å². The number of allylic oxidation sites excluding steroid dienone is 8. The van der Waals surface area contributed by atoms with Gasteiger partial charge in [0.15, 0.2) is 6.10 Å². The van der Waals surface area contributed by atoms with Crippen LogP contribution in [0.25, 0.3) is 0 Å². The van der Waals surface area contributed by atoms with Crippen molar-refractivity contribution < 1.29 is 51.2 Å². The van der Waals surface area contributed by atoms with Crippen molar-refractivity contribution in [3.63, 3.8) is 0 Å². The molecule has 1 aliphatic heterocycles. The van der Waals surface area contributed by atoms with Crippen LogP contribution in [0.1, 0.15) is 152 Å². The molecule has 1 fully saturated rings. The zero-order chi connectivity index (χ0) is 45.5. The molecule has 2 rings (SSSR count). The molecule has 2 heterocycles. The Kier molecular flexibility index (Phi) is 28.9. The van der Waals surface area contributed by atoms with Crippen LogP contribution in [-0.2, 0) is 50.3 Å². The molecule has 0 aliphatic carbocycles.